The average molecular weight is 244 g/mol. The molecule has 0 aromatic carbocycles. The number of hydrogen-bond acceptors (Lipinski definition) is 3. The van der Waals surface area contributed by atoms with Gasteiger partial charge in [0, 0.05) is 12.2 Å². The van der Waals surface area contributed by atoms with E-state index in [0.717, 1.165) is 4.90 Å². The molecule has 4 nitrogen and oxygen atoms in total. The maximum Gasteiger partial charge on any atom is 0.272 e. The van der Waals surface area contributed by atoms with Crippen molar-refractivity contribution in [2.24, 2.45) is 0 Å². The standard InChI is InChI=1S/C11H14F2N2O2/c1-8-3-2-4-9(14-8)11(17)15(5-6-16)7-10(12)13/h2-4,10,16H,5-7H2,1H3. The lowest BCUT2D eigenvalue weighted by atomic mass is 10.3. The van der Waals surface area contributed by atoms with Crippen molar-refractivity contribution in [2.75, 3.05) is 19.7 Å². The van der Waals surface area contributed by atoms with Crippen molar-refractivity contribution in [3.05, 3.63) is 29.6 Å². The molecule has 0 saturated heterocycles. The van der Waals surface area contributed by atoms with E-state index in [2.05, 4.69) is 4.98 Å². The van der Waals surface area contributed by atoms with Crippen LogP contribution in [0.1, 0.15) is 16.2 Å². The van der Waals surface area contributed by atoms with E-state index in [1.807, 2.05) is 0 Å². The Morgan fingerprint density at radius 2 is 2.24 bits per heavy atom. The van der Waals surface area contributed by atoms with Crippen molar-refractivity contribution in [1.82, 2.24) is 9.88 Å². The predicted octanol–water partition coefficient (Wildman–Crippen LogP) is 1.09. The molecule has 17 heavy (non-hydrogen) atoms. The van der Waals surface area contributed by atoms with Crippen LogP contribution in [0, 0.1) is 6.92 Å². The summed E-state index contributed by atoms with van der Waals surface area (Å²) >= 11 is 0. The molecule has 1 heterocycles. The first-order valence-electron chi connectivity index (χ1n) is 5.16. The molecular formula is C11H14F2N2O2. The molecule has 0 radical (unpaired) electrons. The summed E-state index contributed by atoms with van der Waals surface area (Å²) < 4.78 is 24.5. The van der Waals surface area contributed by atoms with E-state index in [9.17, 15) is 13.6 Å². The zero-order valence-corrected chi connectivity index (χ0v) is 9.44. The fourth-order valence-corrected chi connectivity index (χ4v) is 1.39. The Labute approximate surface area is 97.9 Å². The Bertz CT molecular complexity index is 385. The number of amides is 1. The summed E-state index contributed by atoms with van der Waals surface area (Å²) in [5, 5.41) is 8.74. The largest absolute Gasteiger partial charge is 0.395 e. The van der Waals surface area contributed by atoms with Crippen LogP contribution in [0.2, 0.25) is 0 Å². The van der Waals surface area contributed by atoms with Crippen molar-refractivity contribution in [1.29, 1.82) is 0 Å². The quantitative estimate of drug-likeness (QED) is 0.843. The van der Waals surface area contributed by atoms with Gasteiger partial charge in [0.15, 0.2) is 0 Å². The number of carbonyl (C=O) groups excluding carboxylic acids is 1. The van der Waals surface area contributed by atoms with E-state index < -0.39 is 18.9 Å². The number of alkyl halides is 2. The summed E-state index contributed by atoms with van der Waals surface area (Å²) in [6.07, 6.45) is -2.63. The molecular weight excluding hydrogens is 230 g/mol. The number of aliphatic hydroxyl groups excluding tert-OH is 1. The van der Waals surface area contributed by atoms with Gasteiger partial charge in [-0.3, -0.25) is 4.79 Å². The van der Waals surface area contributed by atoms with Crippen LogP contribution in [0.3, 0.4) is 0 Å². The molecule has 0 bridgehead atoms. The molecule has 94 valence electrons. The zero-order valence-electron chi connectivity index (χ0n) is 9.44. The minimum atomic E-state index is -2.63. The molecule has 1 amide bonds. The molecule has 0 fully saturated rings. The Hall–Kier alpha value is -1.56. The number of nitrogens with zero attached hydrogens (tertiary/aromatic N) is 2. The fraction of sp³-hybridized carbons (Fsp3) is 0.455. The smallest absolute Gasteiger partial charge is 0.272 e. The molecule has 0 spiro atoms. The highest BCUT2D eigenvalue weighted by Crippen LogP contribution is 2.06. The first kappa shape index (κ1) is 13.5. The van der Waals surface area contributed by atoms with Crippen LogP contribution in [0.15, 0.2) is 18.2 Å². The first-order valence-corrected chi connectivity index (χ1v) is 5.16. The molecule has 1 aromatic heterocycles. The van der Waals surface area contributed by atoms with Crippen molar-refractivity contribution >= 4 is 5.91 Å². The lowest BCUT2D eigenvalue weighted by Gasteiger charge is -2.20. The van der Waals surface area contributed by atoms with Gasteiger partial charge in [-0.2, -0.15) is 0 Å². The first-order chi connectivity index (χ1) is 8.04. The number of pyridine rings is 1. The normalized spacial score (nSPS) is 10.6. The van der Waals surface area contributed by atoms with Crippen LogP contribution in [0.4, 0.5) is 8.78 Å². The number of aromatic nitrogens is 1. The summed E-state index contributed by atoms with van der Waals surface area (Å²) in [5.41, 5.74) is 0.746. The Morgan fingerprint density at radius 1 is 1.53 bits per heavy atom. The van der Waals surface area contributed by atoms with Gasteiger partial charge in [-0.25, -0.2) is 13.8 Å². The van der Waals surface area contributed by atoms with Gasteiger partial charge in [-0.1, -0.05) is 6.07 Å². The van der Waals surface area contributed by atoms with Crippen LogP contribution in [-0.2, 0) is 0 Å². The fourth-order valence-electron chi connectivity index (χ4n) is 1.39. The highest BCUT2D eigenvalue weighted by Gasteiger charge is 2.20. The van der Waals surface area contributed by atoms with Crippen LogP contribution in [0.5, 0.6) is 0 Å². The molecule has 1 rings (SSSR count). The summed E-state index contributed by atoms with van der Waals surface area (Å²) in [6, 6.07) is 4.81. The second kappa shape index (κ2) is 6.24. The summed E-state index contributed by atoms with van der Waals surface area (Å²) in [7, 11) is 0. The van der Waals surface area contributed by atoms with Gasteiger partial charge in [-0.05, 0) is 19.1 Å². The van der Waals surface area contributed by atoms with Crippen LogP contribution >= 0.6 is 0 Å². The lowest BCUT2D eigenvalue weighted by molar-refractivity contribution is 0.0504. The number of aliphatic hydroxyl groups is 1. The molecule has 0 unspecified atom stereocenters. The van der Waals surface area contributed by atoms with Gasteiger partial charge in [-0.15, -0.1) is 0 Å². The number of carbonyl (C=O) groups is 1. The average Bonchev–Trinajstić information content (AvgIpc) is 2.27. The van der Waals surface area contributed by atoms with E-state index in [-0.39, 0.29) is 18.8 Å². The van der Waals surface area contributed by atoms with Gasteiger partial charge >= 0.3 is 0 Å². The Kier molecular flexibility index (Phi) is 4.96. The van der Waals surface area contributed by atoms with Crippen molar-refractivity contribution in [3.63, 3.8) is 0 Å². The summed E-state index contributed by atoms with van der Waals surface area (Å²) in [4.78, 5) is 16.7. The summed E-state index contributed by atoms with van der Waals surface area (Å²) in [6.45, 7) is 0.526. The molecule has 1 N–H and O–H groups in total. The molecule has 0 aliphatic heterocycles. The number of halogens is 2. The highest BCUT2D eigenvalue weighted by atomic mass is 19.3. The summed E-state index contributed by atoms with van der Waals surface area (Å²) in [5.74, 6) is -0.594. The molecule has 1 aromatic rings. The van der Waals surface area contributed by atoms with Crippen molar-refractivity contribution in [3.8, 4) is 0 Å². The maximum absolute atomic E-state index is 12.3. The van der Waals surface area contributed by atoms with Gasteiger partial charge in [0.05, 0.1) is 13.2 Å². The van der Waals surface area contributed by atoms with Crippen molar-refractivity contribution < 1.29 is 18.7 Å². The predicted molar refractivity (Wildman–Crippen MR) is 58.0 cm³/mol. The molecule has 6 heteroatoms. The van der Waals surface area contributed by atoms with E-state index in [0.29, 0.717) is 5.69 Å². The van der Waals surface area contributed by atoms with Gasteiger partial charge in [0.2, 0.25) is 0 Å². The second-order valence-electron chi connectivity index (χ2n) is 3.53. The molecule has 0 atom stereocenters. The number of aryl methyl sites for hydroxylation is 1. The second-order valence-corrected chi connectivity index (χ2v) is 3.53. The van der Waals surface area contributed by atoms with Gasteiger partial charge in [0.1, 0.15) is 5.69 Å². The lowest BCUT2D eigenvalue weighted by Crippen LogP contribution is -2.37. The van der Waals surface area contributed by atoms with E-state index in [4.69, 9.17) is 5.11 Å². The molecule has 0 aliphatic carbocycles. The molecule has 0 aliphatic rings. The van der Waals surface area contributed by atoms with Crippen LogP contribution < -0.4 is 0 Å². The van der Waals surface area contributed by atoms with E-state index in [1.165, 1.54) is 6.07 Å². The van der Waals surface area contributed by atoms with Crippen molar-refractivity contribution in [2.45, 2.75) is 13.3 Å². The van der Waals surface area contributed by atoms with E-state index >= 15 is 0 Å². The Balaban J connectivity index is 2.83. The SMILES string of the molecule is Cc1cccc(C(=O)N(CCO)CC(F)F)n1. The maximum atomic E-state index is 12.3. The zero-order chi connectivity index (χ0) is 12.8. The number of rotatable bonds is 5. The highest BCUT2D eigenvalue weighted by molar-refractivity contribution is 5.92. The van der Waals surface area contributed by atoms with Crippen LogP contribution in [0.25, 0.3) is 0 Å². The van der Waals surface area contributed by atoms with Crippen LogP contribution in [-0.4, -0.2) is 47.0 Å². The topological polar surface area (TPSA) is 53.4 Å². The minimum Gasteiger partial charge on any atom is -0.395 e. The Morgan fingerprint density at radius 3 is 2.76 bits per heavy atom. The monoisotopic (exact) mass is 244 g/mol. The van der Waals surface area contributed by atoms with Gasteiger partial charge in [0.25, 0.3) is 12.3 Å². The third-order valence-electron chi connectivity index (χ3n) is 2.12. The third kappa shape index (κ3) is 4.07. The third-order valence-corrected chi connectivity index (χ3v) is 2.12. The minimum absolute atomic E-state index is 0.110. The molecule has 0 saturated carbocycles. The van der Waals surface area contributed by atoms with E-state index in [1.54, 1.807) is 19.1 Å². The van der Waals surface area contributed by atoms with Gasteiger partial charge < -0.3 is 10.0 Å². The number of hydrogen-bond donors (Lipinski definition) is 1.